The topological polar surface area (TPSA) is 92.3 Å². The van der Waals surface area contributed by atoms with Gasteiger partial charge >= 0.3 is 5.97 Å². The second-order valence-corrected chi connectivity index (χ2v) is 10.1. The van der Waals surface area contributed by atoms with Gasteiger partial charge in [-0.15, -0.1) is 0 Å². The van der Waals surface area contributed by atoms with Crippen molar-refractivity contribution in [2.75, 3.05) is 7.11 Å². The first kappa shape index (κ1) is 26.9. The van der Waals surface area contributed by atoms with Crippen molar-refractivity contribution in [1.82, 2.24) is 9.97 Å². The summed E-state index contributed by atoms with van der Waals surface area (Å²) in [6.45, 7) is 4.06. The number of methoxy groups -OCH3 is 1. The van der Waals surface area contributed by atoms with Crippen molar-refractivity contribution >= 4 is 22.8 Å². The third-order valence-electron chi connectivity index (χ3n) is 7.40. The molecule has 6 nitrogen and oxygen atoms in total. The molecule has 1 aromatic heterocycles. The average molecular weight is 533 g/mol. The predicted octanol–water partition coefficient (Wildman–Crippen LogP) is 8.07. The van der Waals surface area contributed by atoms with Crippen LogP contribution >= 0.6 is 0 Å². The number of nitrogens with one attached hydrogen (secondary N) is 1. The number of aryl methyl sites for hydroxylation is 1. The normalized spacial score (nSPS) is 11.9. The second-order valence-electron chi connectivity index (χ2n) is 10.1. The highest BCUT2D eigenvalue weighted by atomic mass is 16.5. The lowest BCUT2D eigenvalue weighted by Crippen LogP contribution is -2.10. The zero-order valence-corrected chi connectivity index (χ0v) is 22.9. The number of aromatic nitrogens is 2. The first-order chi connectivity index (χ1) is 19.4. The molecule has 0 spiro atoms. The van der Waals surface area contributed by atoms with E-state index in [0.717, 1.165) is 46.1 Å². The summed E-state index contributed by atoms with van der Waals surface area (Å²) < 4.78 is 5.34. The molecule has 0 aliphatic rings. The summed E-state index contributed by atoms with van der Waals surface area (Å²) in [5.74, 6) is 0.285. The minimum atomic E-state index is -1.08. The van der Waals surface area contributed by atoms with Gasteiger partial charge in [0.25, 0.3) is 0 Å². The van der Waals surface area contributed by atoms with Gasteiger partial charge in [0, 0.05) is 23.6 Å². The third kappa shape index (κ3) is 5.38. The number of aromatic amines is 1. The third-order valence-corrected chi connectivity index (χ3v) is 7.40. The summed E-state index contributed by atoms with van der Waals surface area (Å²) in [5, 5.41) is 10.3. The van der Waals surface area contributed by atoms with Gasteiger partial charge in [-0.25, -0.2) is 9.78 Å². The molecule has 1 atom stereocenters. The van der Waals surface area contributed by atoms with Crippen molar-refractivity contribution in [3.63, 3.8) is 0 Å². The number of carboxylic acids is 1. The van der Waals surface area contributed by atoms with E-state index in [1.54, 1.807) is 19.2 Å². The van der Waals surface area contributed by atoms with Crippen molar-refractivity contribution in [2.45, 2.75) is 39.0 Å². The Hall–Kier alpha value is -4.71. The minimum absolute atomic E-state index is 0.0624. The fourth-order valence-electron chi connectivity index (χ4n) is 5.38. The first-order valence-electron chi connectivity index (χ1n) is 13.5. The minimum Gasteiger partial charge on any atom is -0.497 e. The number of Topliss-reactive ketones (excluding diaryl/α,β-unsaturated/α-hetero) is 1. The van der Waals surface area contributed by atoms with Crippen molar-refractivity contribution in [2.24, 2.45) is 0 Å². The van der Waals surface area contributed by atoms with Crippen molar-refractivity contribution in [1.29, 1.82) is 0 Å². The lowest BCUT2D eigenvalue weighted by atomic mass is 9.86. The van der Waals surface area contributed by atoms with Crippen molar-refractivity contribution < 1.29 is 19.4 Å². The molecule has 2 N–H and O–H groups in total. The molecule has 0 saturated heterocycles. The zero-order chi connectivity index (χ0) is 28.2. The molecule has 0 radical (unpaired) electrons. The van der Waals surface area contributed by atoms with E-state index in [2.05, 4.69) is 11.9 Å². The monoisotopic (exact) mass is 532 g/mol. The van der Waals surface area contributed by atoms with Crippen molar-refractivity contribution in [3.05, 3.63) is 107 Å². The van der Waals surface area contributed by atoms with Crippen LogP contribution in [0.3, 0.4) is 0 Å². The molecule has 4 aromatic carbocycles. The largest absolute Gasteiger partial charge is 0.497 e. The van der Waals surface area contributed by atoms with E-state index >= 15 is 0 Å². The van der Waals surface area contributed by atoms with E-state index in [0.29, 0.717) is 29.1 Å². The van der Waals surface area contributed by atoms with Gasteiger partial charge in [-0.1, -0.05) is 74.0 Å². The first-order valence-corrected chi connectivity index (χ1v) is 13.5. The molecule has 0 aliphatic heterocycles. The maximum Gasteiger partial charge on any atom is 0.336 e. The number of benzene rings is 4. The summed E-state index contributed by atoms with van der Waals surface area (Å²) in [6.07, 6.45) is 2.17. The van der Waals surface area contributed by atoms with Gasteiger partial charge < -0.3 is 14.8 Å². The smallest absolute Gasteiger partial charge is 0.336 e. The molecule has 0 unspecified atom stereocenters. The van der Waals surface area contributed by atoms with Crippen LogP contribution in [0.15, 0.2) is 84.9 Å². The van der Waals surface area contributed by atoms with Gasteiger partial charge in [0.1, 0.15) is 11.6 Å². The Balaban J connectivity index is 1.55. The van der Waals surface area contributed by atoms with E-state index in [-0.39, 0.29) is 17.3 Å². The Labute approximate surface area is 233 Å². The molecule has 202 valence electrons. The van der Waals surface area contributed by atoms with Crippen LogP contribution in [-0.4, -0.2) is 33.9 Å². The zero-order valence-electron chi connectivity index (χ0n) is 22.9. The Morgan fingerprint density at radius 1 is 0.950 bits per heavy atom. The van der Waals surface area contributed by atoms with E-state index in [1.807, 2.05) is 73.7 Å². The molecule has 0 aliphatic carbocycles. The summed E-state index contributed by atoms with van der Waals surface area (Å²) in [6, 6.07) is 26.5. The van der Waals surface area contributed by atoms with Crippen LogP contribution in [0.1, 0.15) is 63.9 Å². The number of carboxylic acid groups (broad SMARTS) is 1. The molecule has 6 heteroatoms. The summed E-state index contributed by atoms with van der Waals surface area (Å²) in [5.41, 5.74) is 6.22. The highest BCUT2D eigenvalue weighted by Gasteiger charge is 2.22. The van der Waals surface area contributed by atoms with Gasteiger partial charge in [0.2, 0.25) is 0 Å². The maximum atomic E-state index is 13.4. The molecular formula is C34H32N2O4. The van der Waals surface area contributed by atoms with Crippen LogP contribution < -0.4 is 4.74 Å². The van der Waals surface area contributed by atoms with Gasteiger partial charge in [0.15, 0.2) is 5.78 Å². The molecule has 0 bridgehead atoms. The Morgan fingerprint density at radius 3 is 2.48 bits per heavy atom. The number of carbonyl (C=O) groups excluding carboxylic acids is 1. The molecule has 5 rings (SSSR count). The van der Waals surface area contributed by atoms with E-state index < -0.39 is 5.97 Å². The molecule has 1 heterocycles. The Morgan fingerprint density at radius 2 is 1.75 bits per heavy atom. The number of rotatable bonds is 10. The molecule has 5 aromatic rings. The fraction of sp³-hybridized carbons (Fsp3) is 0.206. The number of ketones is 1. The van der Waals surface area contributed by atoms with E-state index in [4.69, 9.17) is 9.72 Å². The predicted molar refractivity (Wildman–Crippen MR) is 158 cm³/mol. The van der Waals surface area contributed by atoms with E-state index in [9.17, 15) is 14.7 Å². The van der Waals surface area contributed by atoms with Crippen LogP contribution in [0.2, 0.25) is 0 Å². The Kier molecular flexibility index (Phi) is 7.78. The lowest BCUT2D eigenvalue weighted by Gasteiger charge is -2.17. The quantitative estimate of drug-likeness (QED) is 0.177. The second kappa shape index (κ2) is 11.6. The number of carbonyl (C=O) groups is 2. The van der Waals surface area contributed by atoms with Crippen LogP contribution in [0.5, 0.6) is 5.75 Å². The van der Waals surface area contributed by atoms with E-state index in [1.165, 1.54) is 6.07 Å². The number of ether oxygens (including phenoxy) is 1. The lowest BCUT2D eigenvalue weighted by molar-refractivity contribution is 0.0697. The summed E-state index contributed by atoms with van der Waals surface area (Å²) in [4.78, 5) is 34.1. The van der Waals surface area contributed by atoms with Crippen LogP contribution in [0.25, 0.3) is 33.5 Å². The number of nitrogens with zero attached hydrogens (tertiary/aromatic N) is 1. The van der Waals surface area contributed by atoms with Crippen LogP contribution in [0.4, 0.5) is 0 Å². The maximum absolute atomic E-state index is 13.4. The summed E-state index contributed by atoms with van der Waals surface area (Å²) in [7, 11) is 1.62. The molecule has 40 heavy (non-hydrogen) atoms. The number of aromatic carboxylic acids is 1. The number of imidazole rings is 1. The van der Waals surface area contributed by atoms with Gasteiger partial charge in [0.05, 0.1) is 23.7 Å². The number of fused-ring (bicyclic) bond motifs is 1. The highest BCUT2D eigenvalue weighted by molar-refractivity contribution is 6.04. The van der Waals surface area contributed by atoms with Crippen LogP contribution in [-0.2, 0) is 0 Å². The molecule has 0 saturated carbocycles. The highest BCUT2D eigenvalue weighted by Crippen LogP contribution is 2.37. The Bertz CT molecular complexity index is 1690. The summed E-state index contributed by atoms with van der Waals surface area (Å²) >= 11 is 0. The number of hydrogen-bond donors (Lipinski definition) is 2. The fourth-order valence-corrected chi connectivity index (χ4v) is 5.38. The molecule has 0 fully saturated rings. The number of hydrogen-bond acceptors (Lipinski definition) is 4. The van der Waals surface area contributed by atoms with Gasteiger partial charge in [-0.3, -0.25) is 4.79 Å². The average Bonchev–Trinajstić information content (AvgIpc) is 3.40. The van der Waals surface area contributed by atoms with Crippen molar-refractivity contribution in [3.8, 4) is 28.3 Å². The molecule has 0 amide bonds. The number of H-pyrrole nitrogens is 1. The standard InChI is InChI=1S/C34H32N2O4/c1-4-9-23(22-11-6-5-7-12-22)19-31(37)24-14-16-26(28(18-24)34(38)39)32-21(2)10-8-13-27(32)33-35-29-17-15-25(40-3)20-30(29)36-33/h5-8,10-18,20,23H,4,9,19H2,1-3H3,(H,35,36)(H,38,39)/t23-/m0/s1. The SMILES string of the molecule is CCC[C@@H](CC(=O)c1ccc(-c2c(C)cccc2-c2nc3ccc(OC)cc3[nH]2)c(C(=O)O)c1)c1ccccc1. The van der Waals surface area contributed by atoms with Crippen LogP contribution in [0, 0.1) is 6.92 Å². The molecular weight excluding hydrogens is 500 g/mol. The van der Waals surface area contributed by atoms with Gasteiger partial charge in [-0.05, 0) is 59.7 Å². The van der Waals surface area contributed by atoms with Gasteiger partial charge in [-0.2, -0.15) is 0 Å².